The summed E-state index contributed by atoms with van der Waals surface area (Å²) in [6.07, 6.45) is -0.934. The molecule has 0 heterocycles. The molecule has 0 fully saturated rings. The van der Waals surface area contributed by atoms with Crippen LogP contribution in [0.3, 0.4) is 0 Å². The van der Waals surface area contributed by atoms with E-state index < -0.39 is 53.3 Å². The average Bonchev–Trinajstić information content (AvgIpc) is 2.56. The Labute approximate surface area is 196 Å². The summed E-state index contributed by atoms with van der Waals surface area (Å²) in [7, 11) is 0. The summed E-state index contributed by atoms with van der Waals surface area (Å²) in [5, 5.41) is 2.46. The van der Waals surface area contributed by atoms with Gasteiger partial charge in [0, 0.05) is 25.2 Å². The van der Waals surface area contributed by atoms with E-state index in [1.165, 1.54) is 13.8 Å². The van der Waals surface area contributed by atoms with Crippen LogP contribution < -0.4 is 5.32 Å². The first-order valence-corrected chi connectivity index (χ1v) is 11.1. The maximum atomic E-state index is 13.0. The summed E-state index contributed by atoms with van der Waals surface area (Å²) in [6, 6.07) is -1.36. The standard InChI is InChI=1S/C24H39NO8/c1-14(10-15(2)26)19(28)12-17(11-16(3)27)21(30)25-18(22(31)33-24(7,8)9)13-20(29)32-23(4,5)6/h14,17-18H,10-13H2,1-9H3,(H,25,30)/t14-,17+,18-/m0/s1. The Balaban J connectivity index is 5.64. The highest BCUT2D eigenvalue weighted by atomic mass is 16.6. The second-order valence-corrected chi connectivity index (χ2v) is 10.5. The van der Waals surface area contributed by atoms with E-state index in [0.717, 1.165) is 0 Å². The molecule has 3 atom stereocenters. The zero-order valence-electron chi connectivity index (χ0n) is 21.3. The number of nitrogens with one attached hydrogen (secondary N) is 1. The minimum atomic E-state index is -1.36. The smallest absolute Gasteiger partial charge is 0.329 e. The number of amides is 1. The molecule has 1 N–H and O–H groups in total. The second kappa shape index (κ2) is 12.6. The molecule has 0 aromatic heterocycles. The fourth-order valence-electron chi connectivity index (χ4n) is 3.00. The molecule has 33 heavy (non-hydrogen) atoms. The van der Waals surface area contributed by atoms with Crippen LogP contribution in [-0.4, -0.2) is 52.4 Å². The number of carbonyl (C=O) groups is 6. The predicted octanol–water partition coefficient (Wildman–Crippen LogP) is 2.71. The second-order valence-electron chi connectivity index (χ2n) is 10.5. The van der Waals surface area contributed by atoms with Crippen LogP contribution in [-0.2, 0) is 38.2 Å². The molecule has 0 spiro atoms. The highest BCUT2D eigenvalue weighted by molar-refractivity contribution is 5.95. The van der Waals surface area contributed by atoms with Crippen LogP contribution in [0, 0.1) is 11.8 Å². The Morgan fingerprint density at radius 2 is 1.21 bits per heavy atom. The molecule has 0 aliphatic rings. The van der Waals surface area contributed by atoms with E-state index >= 15 is 0 Å². The summed E-state index contributed by atoms with van der Waals surface area (Å²) >= 11 is 0. The van der Waals surface area contributed by atoms with Gasteiger partial charge in [0.15, 0.2) is 0 Å². The molecule has 0 aromatic carbocycles. The van der Waals surface area contributed by atoms with Gasteiger partial charge in [0.25, 0.3) is 0 Å². The summed E-state index contributed by atoms with van der Waals surface area (Å²) in [5.74, 6) is -4.75. The van der Waals surface area contributed by atoms with Gasteiger partial charge in [-0.15, -0.1) is 0 Å². The van der Waals surface area contributed by atoms with Gasteiger partial charge in [0.1, 0.15) is 34.6 Å². The Morgan fingerprint density at radius 1 is 0.727 bits per heavy atom. The molecule has 1 amide bonds. The number of rotatable bonds is 12. The van der Waals surface area contributed by atoms with Crippen molar-refractivity contribution in [3.8, 4) is 0 Å². The minimum Gasteiger partial charge on any atom is -0.460 e. The van der Waals surface area contributed by atoms with Crippen molar-refractivity contribution < 1.29 is 38.2 Å². The topological polar surface area (TPSA) is 133 Å². The van der Waals surface area contributed by atoms with Gasteiger partial charge in [-0.2, -0.15) is 0 Å². The van der Waals surface area contributed by atoms with Crippen LogP contribution in [0.5, 0.6) is 0 Å². The van der Waals surface area contributed by atoms with Gasteiger partial charge in [-0.1, -0.05) is 6.92 Å². The Hall–Kier alpha value is -2.58. The van der Waals surface area contributed by atoms with Gasteiger partial charge in [-0.05, 0) is 55.4 Å². The third-order valence-electron chi connectivity index (χ3n) is 4.29. The third-order valence-corrected chi connectivity index (χ3v) is 4.29. The number of Topliss-reactive ketones (excluding diaryl/α,β-unsaturated/α-hetero) is 3. The van der Waals surface area contributed by atoms with Crippen molar-refractivity contribution in [1.29, 1.82) is 0 Å². The van der Waals surface area contributed by atoms with E-state index in [1.54, 1.807) is 48.5 Å². The molecule has 188 valence electrons. The molecule has 0 rings (SSSR count). The van der Waals surface area contributed by atoms with Gasteiger partial charge in [0.05, 0.1) is 12.3 Å². The summed E-state index contributed by atoms with van der Waals surface area (Å²) < 4.78 is 10.6. The zero-order valence-corrected chi connectivity index (χ0v) is 21.3. The lowest BCUT2D eigenvalue weighted by molar-refractivity contribution is -0.165. The van der Waals surface area contributed by atoms with E-state index in [9.17, 15) is 28.8 Å². The van der Waals surface area contributed by atoms with E-state index in [4.69, 9.17) is 9.47 Å². The highest BCUT2D eigenvalue weighted by Crippen LogP contribution is 2.18. The van der Waals surface area contributed by atoms with E-state index in [1.807, 2.05) is 0 Å². The van der Waals surface area contributed by atoms with Crippen LogP contribution in [0.15, 0.2) is 0 Å². The van der Waals surface area contributed by atoms with Gasteiger partial charge in [0.2, 0.25) is 5.91 Å². The van der Waals surface area contributed by atoms with Crippen molar-refractivity contribution in [1.82, 2.24) is 5.32 Å². The third kappa shape index (κ3) is 14.2. The molecule has 9 heteroatoms. The molecular formula is C24H39NO8. The molecule has 0 aromatic rings. The van der Waals surface area contributed by atoms with Crippen molar-refractivity contribution in [3.63, 3.8) is 0 Å². The molecule has 0 unspecified atom stereocenters. The van der Waals surface area contributed by atoms with Crippen LogP contribution >= 0.6 is 0 Å². The Kier molecular flexibility index (Phi) is 11.6. The fraction of sp³-hybridized carbons (Fsp3) is 0.750. The van der Waals surface area contributed by atoms with Crippen molar-refractivity contribution in [3.05, 3.63) is 0 Å². The van der Waals surface area contributed by atoms with E-state index in [2.05, 4.69) is 5.32 Å². The molecule has 0 saturated carbocycles. The maximum absolute atomic E-state index is 13.0. The highest BCUT2D eigenvalue weighted by Gasteiger charge is 2.34. The fourth-order valence-corrected chi connectivity index (χ4v) is 3.00. The first kappa shape index (κ1) is 30.4. The first-order valence-electron chi connectivity index (χ1n) is 11.1. The van der Waals surface area contributed by atoms with Gasteiger partial charge in [-0.25, -0.2) is 4.79 Å². The number of hydrogen-bond acceptors (Lipinski definition) is 8. The summed E-state index contributed by atoms with van der Waals surface area (Å²) in [4.78, 5) is 73.5. The molecular weight excluding hydrogens is 430 g/mol. The quantitative estimate of drug-likeness (QED) is 0.431. The van der Waals surface area contributed by atoms with Crippen LogP contribution in [0.4, 0.5) is 0 Å². The van der Waals surface area contributed by atoms with Crippen molar-refractivity contribution >= 4 is 35.2 Å². The lowest BCUT2D eigenvalue weighted by Crippen LogP contribution is -2.48. The summed E-state index contributed by atoms with van der Waals surface area (Å²) in [5.41, 5.74) is -1.67. The zero-order chi connectivity index (χ0) is 26.1. The maximum Gasteiger partial charge on any atom is 0.329 e. The van der Waals surface area contributed by atoms with Crippen LogP contribution in [0.25, 0.3) is 0 Å². The molecule has 0 aliphatic heterocycles. The number of esters is 2. The van der Waals surface area contributed by atoms with Gasteiger partial charge in [-0.3, -0.25) is 14.4 Å². The number of ketones is 3. The van der Waals surface area contributed by atoms with Crippen molar-refractivity contribution in [2.75, 3.05) is 0 Å². The molecule has 0 bridgehead atoms. The molecule has 0 aliphatic carbocycles. The largest absolute Gasteiger partial charge is 0.460 e. The van der Waals surface area contributed by atoms with E-state index in [0.29, 0.717) is 0 Å². The first-order chi connectivity index (χ1) is 14.8. The van der Waals surface area contributed by atoms with Gasteiger partial charge >= 0.3 is 11.9 Å². The Morgan fingerprint density at radius 3 is 1.64 bits per heavy atom. The van der Waals surface area contributed by atoms with Crippen molar-refractivity contribution in [2.24, 2.45) is 11.8 Å². The minimum absolute atomic E-state index is 0.0341. The number of ether oxygens (including phenoxy) is 2. The van der Waals surface area contributed by atoms with Gasteiger partial charge < -0.3 is 24.4 Å². The molecule has 0 saturated heterocycles. The van der Waals surface area contributed by atoms with Crippen LogP contribution in [0.2, 0.25) is 0 Å². The van der Waals surface area contributed by atoms with E-state index in [-0.39, 0.29) is 36.6 Å². The molecule has 0 radical (unpaired) electrons. The lowest BCUT2D eigenvalue weighted by Gasteiger charge is -2.27. The number of carbonyl (C=O) groups excluding carboxylic acids is 6. The Bertz CT molecular complexity index is 757. The average molecular weight is 470 g/mol. The SMILES string of the molecule is CC(=O)C[C@H](CC(=O)[C@@H](C)CC(C)=O)C(=O)N[C@@H](CC(=O)OC(C)(C)C)C(=O)OC(C)(C)C. The monoisotopic (exact) mass is 469 g/mol. The van der Waals surface area contributed by atoms with Crippen LogP contribution in [0.1, 0.15) is 88.0 Å². The van der Waals surface area contributed by atoms with Crippen molar-refractivity contribution in [2.45, 2.75) is 105 Å². The predicted molar refractivity (Wildman–Crippen MR) is 121 cm³/mol. The lowest BCUT2D eigenvalue weighted by atomic mass is 9.89. The normalized spacial score (nSPS) is 14.5. The summed E-state index contributed by atoms with van der Waals surface area (Å²) in [6.45, 7) is 14.2. The number of hydrogen-bond donors (Lipinski definition) is 1. The molecule has 9 nitrogen and oxygen atoms in total.